The van der Waals surface area contributed by atoms with Crippen LogP contribution in [0.3, 0.4) is 0 Å². The van der Waals surface area contributed by atoms with Crippen molar-refractivity contribution < 1.29 is 4.79 Å². The van der Waals surface area contributed by atoms with Gasteiger partial charge in [-0.3, -0.25) is 5.41 Å². The van der Waals surface area contributed by atoms with Gasteiger partial charge in [-0.2, -0.15) is 0 Å². The van der Waals surface area contributed by atoms with E-state index in [0.717, 1.165) is 0 Å². The Morgan fingerprint density at radius 1 is 1.40 bits per heavy atom. The molecule has 0 radical (unpaired) electrons. The van der Waals surface area contributed by atoms with Gasteiger partial charge < -0.3 is 10.5 Å². The number of rotatable bonds is 3. The van der Waals surface area contributed by atoms with Crippen molar-refractivity contribution in [2.75, 3.05) is 0 Å². The van der Waals surface area contributed by atoms with E-state index in [0.29, 0.717) is 12.8 Å². The largest absolute Gasteiger partial charge is 0.388 e. The summed E-state index contributed by atoms with van der Waals surface area (Å²) in [5.74, 6) is 0.167. The zero-order valence-corrected chi connectivity index (χ0v) is 6.90. The third-order valence-electron chi connectivity index (χ3n) is 0.746. The van der Waals surface area contributed by atoms with E-state index in [9.17, 15) is 4.79 Å². The summed E-state index contributed by atoms with van der Waals surface area (Å²) in [6.07, 6.45) is 0.796. The quantitative estimate of drug-likeness (QED) is 0.463. The van der Waals surface area contributed by atoms with E-state index in [1.807, 2.05) is 13.8 Å². The molecule has 0 aromatic carbocycles. The lowest BCUT2D eigenvalue weighted by Gasteiger charge is -1.90. The van der Waals surface area contributed by atoms with Gasteiger partial charge in [0, 0.05) is 12.8 Å². The predicted octanol–water partition coefficient (Wildman–Crippen LogP) is 1.32. The molecule has 0 amide bonds. The van der Waals surface area contributed by atoms with Gasteiger partial charge in [0.05, 0.1) is 5.84 Å². The summed E-state index contributed by atoms with van der Waals surface area (Å²) in [5, 5.41) is 6.71. The van der Waals surface area contributed by atoms with E-state index in [2.05, 4.69) is 0 Å². The van der Waals surface area contributed by atoms with Crippen LogP contribution in [0.2, 0.25) is 0 Å². The molecule has 3 heteroatoms. The molecule has 0 aliphatic rings. The Kier molecular flexibility index (Phi) is 9.67. The van der Waals surface area contributed by atoms with Crippen LogP contribution >= 0.6 is 0 Å². The fraction of sp³-hybridized carbons (Fsp3) is 0.714. The average molecular weight is 144 g/mol. The summed E-state index contributed by atoms with van der Waals surface area (Å²) >= 11 is 0. The Morgan fingerprint density at radius 3 is 1.90 bits per heavy atom. The summed E-state index contributed by atoms with van der Waals surface area (Å²) in [7, 11) is 0. The molecule has 0 saturated carbocycles. The lowest BCUT2D eigenvalue weighted by atomic mass is 10.2. The Hall–Kier alpha value is -0.860. The van der Waals surface area contributed by atoms with E-state index >= 15 is 0 Å². The first-order valence-corrected chi connectivity index (χ1v) is 3.45. The number of Topliss-reactive ketones (excluding diaryl/α,β-unsaturated/α-hetero) is 1. The van der Waals surface area contributed by atoms with Crippen molar-refractivity contribution in [3.63, 3.8) is 0 Å². The van der Waals surface area contributed by atoms with Gasteiger partial charge in [-0.05, 0) is 6.92 Å². The number of carbonyl (C=O) groups excluding carboxylic acids is 1. The minimum Gasteiger partial charge on any atom is -0.388 e. The molecule has 0 spiro atoms. The topological polar surface area (TPSA) is 66.9 Å². The van der Waals surface area contributed by atoms with E-state index in [-0.39, 0.29) is 11.6 Å². The standard InChI is InChI=1S/C5H10N2O.C2H6/c1-4(8)2-3-5(6)7;1-2/h2-3H2,1H3,(H3,6,7);1-2H3. The molecule has 10 heavy (non-hydrogen) atoms. The van der Waals surface area contributed by atoms with Gasteiger partial charge in [0.25, 0.3) is 0 Å². The Bertz CT molecular complexity index is 96.2. The molecule has 0 atom stereocenters. The number of amidine groups is 1. The first kappa shape index (κ1) is 11.9. The Labute approximate surface area is 62.1 Å². The molecular weight excluding hydrogens is 128 g/mol. The maximum absolute atomic E-state index is 10.2. The van der Waals surface area contributed by atoms with Crippen LogP contribution < -0.4 is 5.73 Å². The maximum atomic E-state index is 10.2. The Balaban J connectivity index is 0. The lowest BCUT2D eigenvalue weighted by Crippen LogP contribution is -2.10. The van der Waals surface area contributed by atoms with Gasteiger partial charge in [0.15, 0.2) is 0 Å². The van der Waals surface area contributed by atoms with Crippen LogP contribution in [0.25, 0.3) is 0 Å². The predicted molar refractivity (Wildman–Crippen MR) is 43.2 cm³/mol. The molecule has 0 rings (SSSR count). The molecule has 0 unspecified atom stereocenters. The number of nitrogens with one attached hydrogen (secondary N) is 1. The smallest absolute Gasteiger partial charge is 0.130 e. The molecule has 3 N–H and O–H groups in total. The minimum absolute atomic E-state index is 0.0835. The van der Waals surface area contributed by atoms with Crippen molar-refractivity contribution in [2.24, 2.45) is 5.73 Å². The number of ketones is 1. The summed E-state index contributed by atoms with van der Waals surface area (Å²) in [6, 6.07) is 0. The summed E-state index contributed by atoms with van der Waals surface area (Å²) < 4.78 is 0. The van der Waals surface area contributed by atoms with Gasteiger partial charge in [-0.15, -0.1) is 0 Å². The molecule has 0 bridgehead atoms. The second-order valence-corrected chi connectivity index (χ2v) is 1.73. The fourth-order valence-electron chi connectivity index (χ4n) is 0.311. The minimum atomic E-state index is 0.0835. The third-order valence-corrected chi connectivity index (χ3v) is 0.746. The average Bonchev–Trinajstić information content (AvgIpc) is 1.89. The van der Waals surface area contributed by atoms with Crippen LogP contribution in [0.1, 0.15) is 33.6 Å². The van der Waals surface area contributed by atoms with Crippen LogP contribution in [0, 0.1) is 5.41 Å². The summed E-state index contributed by atoms with van der Waals surface area (Å²) in [4.78, 5) is 10.2. The van der Waals surface area contributed by atoms with Crippen LogP contribution in [0.5, 0.6) is 0 Å². The highest BCUT2D eigenvalue weighted by Crippen LogP contribution is 1.86. The monoisotopic (exact) mass is 144 g/mol. The second-order valence-electron chi connectivity index (χ2n) is 1.73. The first-order valence-electron chi connectivity index (χ1n) is 3.45. The van der Waals surface area contributed by atoms with E-state index in [1.54, 1.807) is 0 Å². The maximum Gasteiger partial charge on any atom is 0.130 e. The highest BCUT2D eigenvalue weighted by molar-refractivity contribution is 5.83. The number of hydrogen-bond donors (Lipinski definition) is 2. The van der Waals surface area contributed by atoms with E-state index in [4.69, 9.17) is 11.1 Å². The van der Waals surface area contributed by atoms with Crippen LogP contribution in [-0.4, -0.2) is 11.6 Å². The summed E-state index contributed by atoms with van der Waals surface area (Å²) in [5.41, 5.74) is 4.97. The van der Waals surface area contributed by atoms with Crippen LogP contribution in [0.4, 0.5) is 0 Å². The number of carbonyl (C=O) groups is 1. The van der Waals surface area contributed by atoms with Crippen molar-refractivity contribution in [3.8, 4) is 0 Å². The zero-order valence-electron chi connectivity index (χ0n) is 6.90. The van der Waals surface area contributed by atoms with Gasteiger partial charge in [-0.1, -0.05) is 13.8 Å². The lowest BCUT2D eigenvalue weighted by molar-refractivity contribution is -0.116. The molecule has 0 saturated heterocycles. The number of hydrogen-bond acceptors (Lipinski definition) is 2. The van der Waals surface area contributed by atoms with E-state index in [1.165, 1.54) is 6.92 Å². The van der Waals surface area contributed by atoms with Crippen molar-refractivity contribution >= 4 is 11.6 Å². The molecular formula is C7H16N2O. The molecule has 60 valence electrons. The van der Waals surface area contributed by atoms with Crippen molar-refractivity contribution in [1.29, 1.82) is 5.41 Å². The highest BCUT2D eigenvalue weighted by atomic mass is 16.1. The van der Waals surface area contributed by atoms with Crippen LogP contribution in [0.15, 0.2) is 0 Å². The second kappa shape index (κ2) is 8.14. The third kappa shape index (κ3) is 15.7. The molecule has 3 nitrogen and oxygen atoms in total. The first-order chi connectivity index (χ1) is 4.63. The zero-order chi connectivity index (χ0) is 8.57. The molecule has 0 aromatic heterocycles. The Morgan fingerprint density at radius 2 is 1.80 bits per heavy atom. The molecule has 0 fully saturated rings. The number of nitrogens with two attached hydrogens (primary N) is 1. The van der Waals surface area contributed by atoms with Crippen LogP contribution in [-0.2, 0) is 4.79 Å². The SMILES string of the molecule is CC.CC(=O)CCC(=N)N. The van der Waals surface area contributed by atoms with E-state index < -0.39 is 0 Å². The van der Waals surface area contributed by atoms with Crippen molar-refractivity contribution in [2.45, 2.75) is 33.6 Å². The fourth-order valence-corrected chi connectivity index (χ4v) is 0.311. The highest BCUT2D eigenvalue weighted by Gasteiger charge is 1.92. The molecule has 0 aliphatic carbocycles. The van der Waals surface area contributed by atoms with Gasteiger partial charge in [-0.25, -0.2) is 0 Å². The molecule has 0 aromatic rings. The van der Waals surface area contributed by atoms with Gasteiger partial charge in [0.2, 0.25) is 0 Å². The van der Waals surface area contributed by atoms with Crippen molar-refractivity contribution in [3.05, 3.63) is 0 Å². The van der Waals surface area contributed by atoms with Gasteiger partial charge in [0.1, 0.15) is 5.78 Å². The molecule has 0 heterocycles. The molecule has 0 aliphatic heterocycles. The summed E-state index contributed by atoms with van der Waals surface area (Å²) in [6.45, 7) is 5.49. The van der Waals surface area contributed by atoms with Crippen molar-refractivity contribution in [1.82, 2.24) is 0 Å². The normalized spacial score (nSPS) is 7.50. The van der Waals surface area contributed by atoms with Gasteiger partial charge >= 0.3 is 0 Å².